The summed E-state index contributed by atoms with van der Waals surface area (Å²) >= 11 is 0. The Bertz CT molecular complexity index is 402. The lowest BCUT2D eigenvalue weighted by molar-refractivity contribution is -0.384. The molecule has 0 bridgehead atoms. The lowest BCUT2D eigenvalue weighted by Crippen LogP contribution is -2.44. The Balaban J connectivity index is 2.34. The summed E-state index contributed by atoms with van der Waals surface area (Å²) < 4.78 is 0. The van der Waals surface area contributed by atoms with Gasteiger partial charge in [-0.3, -0.25) is 10.1 Å². The van der Waals surface area contributed by atoms with E-state index in [4.69, 9.17) is 0 Å². The van der Waals surface area contributed by atoms with Gasteiger partial charge in [0.1, 0.15) is 0 Å². The number of rotatable bonds is 2. The van der Waals surface area contributed by atoms with Gasteiger partial charge in [0.25, 0.3) is 0 Å². The first kappa shape index (κ1) is 10.8. The van der Waals surface area contributed by atoms with Gasteiger partial charge >= 0.3 is 5.69 Å². The van der Waals surface area contributed by atoms with Gasteiger partial charge in [-0.15, -0.1) is 0 Å². The Morgan fingerprint density at radius 2 is 2.19 bits per heavy atom. The maximum Gasteiger partial charge on any atom is 0.311 e. The second-order valence-corrected chi connectivity index (χ2v) is 3.85. The van der Waals surface area contributed by atoms with Crippen LogP contribution in [0.15, 0.2) is 12.3 Å². The third-order valence-electron chi connectivity index (χ3n) is 2.60. The summed E-state index contributed by atoms with van der Waals surface area (Å²) in [4.78, 5) is 16.7. The van der Waals surface area contributed by atoms with Crippen LogP contribution in [0.2, 0.25) is 0 Å². The third kappa shape index (κ3) is 2.11. The largest absolute Gasteiger partial charge is 0.348 e. The Labute approximate surface area is 93.4 Å². The van der Waals surface area contributed by atoms with Crippen molar-refractivity contribution in [3.8, 4) is 0 Å². The van der Waals surface area contributed by atoms with Gasteiger partial charge in [-0.25, -0.2) is 4.98 Å². The molecule has 0 amide bonds. The molecule has 1 N–H and O–H groups in total. The van der Waals surface area contributed by atoms with Crippen LogP contribution in [0.1, 0.15) is 5.56 Å². The molecule has 6 heteroatoms. The maximum atomic E-state index is 10.9. The fourth-order valence-electron chi connectivity index (χ4n) is 1.80. The molecule has 2 heterocycles. The monoisotopic (exact) mass is 222 g/mol. The molecule has 0 atom stereocenters. The molecule has 0 saturated carbocycles. The molecule has 16 heavy (non-hydrogen) atoms. The van der Waals surface area contributed by atoms with Crippen LogP contribution in [-0.4, -0.2) is 36.1 Å². The summed E-state index contributed by atoms with van der Waals surface area (Å²) in [6.45, 7) is 5.01. The van der Waals surface area contributed by atoms with Crippen molar-refractivity contribution in [3.05, 3.63) is 27.9 Å². The molecule has 0 aromatic carbocycles. The van der Waals surface area contributed by atoms with E-state index in [9.17, 15) is 10.1 Å². The summed E-state index contributed by atoms with van der Waals surface area (Å²) in [5.41, 5.74) is 0.910. The molecule has 1 aliphatic heterocycles. The van der Waals surface area contributed by atoms with Crippen LogP contribution in [0.25, 0.3) is 0 Å². The van der Waals surface area contributed by atoms with Crippen LogP contribution >= 0.6 is 0 Å². The number of piperazine rings is 1. The zero-order valence-corrected chi connectivity index (χ0v) is 9.14. The topological polar surface area (TPSA) is 71.3 Å². The molecule has 1 aliphatic rings. The van der Waals surface area contributed by atoms with Gasteiger partial charge in [-0.05, 0) is 12.5 Å². The molecule has 1 aromatic heterocycles. The molecular weight excluding hydrogens is 208 g/mol. The highest BCUT2D eigenvalue weighted by Gasteiger charge is 2.22. The van der Waals surface area contributed by atoms with Crippen molar-refractivity contribution >= 4 is 11.5 Å². The summed E-state index contributed by atoms with van der Waals surface area (Å²) in [5, 5.41) is 14.1. The van der Waals surface area contributed by atoms with Crippen molar-refractivity contribution in [1.82, 2.24) is 10.3 Å². The van der Waals surface area contributed by atoms with E-state index in [-0.39, 0.29) is 10.6 Å². The van der Waals surface area contributed by atoms with E-state index in [0.29, 0.717) is 5.82 Å². The van der Waals surface area contributed by atoms with Crippen molar-refractivity contribution in [3.63, 3.8) is 0 Å². The Morgan fingerprint density at radius 3 is 2.81 bits per heavy atom. The second kappa shape index (κ2) is 4.44. The summed E-state index contributed by atoms with van der Waals surface area (Å²) in [5.74, 6) is 0.483. The standard InChI is InChI=1S/C10H14N4O2/c1-8-6-9(14(15)16)10(12-7-8)13-4-2-11-3-5-13/h6-7,11H,2-5H2,1H3. The summed E-state index contributed by atoms with van der Waals surface area (Å²) in [6, 6.07) is 1.57. The number of pyridine rings is 1. The van der Waals surface area contributed by atoms with E-state index in [2.05, 4.69) is 10.3 Å². The van der Waals surface area contributed by atoms with Gasteiger partial charge in [-0.2, -0.15) is 0 Å². The van der Waals surface area contributed by atoms with Gasteiger partial charge in [0.15, 0.2) is 0 Å². The Hall–Kier alpha value is -1.69. The van der Waals surface area contributed by atoms with Crippen LogP contribution in [-0.2, 0) is 0 Å². The van der Waals surface area contributed by atoms with Crippen LogP contribution in [0.3, 0.4) is 0 Å². The number of hydrogen-bond donors (Lipinski definition) is 1. The molecular formula is C10H14N4O2. The van der Waals surface area contributed by atoms with Crippen molar-refractivity contribution in [1.29, 1.82) is 0 Å². The number of nitrogens with one attached hydrogen (secondary N) is 1. The minimum Gasteiger partial charge on any atom is -0.348 e. The van der Waals surface area contributed by atoms with Crippen LogP contribution < -0.4 is 10.2 Å². The van der Waals surface area contributed by atoms with Crippen molar-refractivity contribution < 1.29 is 4.92 Å². The summed E-state index contributed by atoms with van der Waals surface area (Å²) in [7, 11) is 0. The highest BCUT2D eigenvalue weighted by atomic mass is 16.6. The number of aromatic nitrogens is 1. The fourth-order valence-corrected chi connectivity index (χ4v) is 1.80. The molecule has 0 spiro atoms. The van der Waals surface area contributed by atoms with Crippen molar-refractivity contribution in [2.45, 2.75) is 6.92 Å². The first-order valence-electron chi connectivity index (χ1n) is 5.25. The van der Waals surface area contributed by atoms with Gasteiger partial charge in [0, 0.05) is 38.4 Å². The average molecular weight is 222 g/mol. The number of hydrogen-bond acceptors (Lipinski definition) is 5. The zero-order chi connectivity index (χ0) is 11.5. The van der Waals surface area contributed by atoms with Crippen molar-refractivity contribution in [2.24, 2.45) is 0 Å². The number of nitrogens with zero attached hydrogens (tertiary/aromatic N) is 3. The maximum absolute atomic E-state index is 10.9. The van der Waals surface area contributed by atoms with Crippen molar-refractivity contribution in [2.75, 3.05) is 31.1 Å². The van der Waals surface area contributed by atoms with E-state index in [1.165, 1.54) is 0 Å². The highest BCUT2D eigenvalue weighted by molar-refractivity contribution is 5.58. The van der Waals surface area contributed by atoms with Gasteiger partial charge < -0.3 is 10.2 Å². The molecule has 2 rings (SSSR count). The second-order valence-electron chi connectivity index (χ2n) is 3.85. The Morgan fingerprint density at radius 1 is 1.50 bits per heavy atom. The van der Waals surface area contributed by atoms with Crippen LogP contribution in [0, 0.1) is 17.0 Å². The van der Waals surface area contributed by atoms with E-state index in [1.54, 1.807) is 12.3 Å². The number of aryl methyl sites for hydroxylation is 1. The number of anilines is 1. The van der Waals surface area contributed by atoms with Gasteiger partial charge in [0.2, 0.25) is 5.82 Å². The SMILES string of the molecule is Cc1cnc(N2CCNCC2)c([N+](=O)[O-])c1. The van der Waals surface area contributed by atoms with E-state index in [0.717, 1.165) is 31.7 Å². The molecule has 86 valence electrons. The molecule has 0 radical (unpaired) electrons. The first-order valence-corrected chi connectivity index (χ1v) is 5.25. The van der Waals surface area contributed by atoms with Gasteiger partial charge in [0.05, 0.1) is 4.92 Å². The van der Waals surface area contributed by atoms with E-state index < -0.39 is 0 Å². The lowest BCUT2D eigenvalue weighted by Gasteiger charge is -2.27. The first-order chi connectivity index (χ1) is 7.68. The zero-order valence-electron chi connectivity index (χ0n) is 9.14. The molecule has 0 aliphatic carbocycles. The molecule has 1 saturated heterocycles. The van der Waals surface area contributed by atoms with Crippen LogP contribution in [0.4, 0.5) is 11.5 Å². The normalized spacial score (nSPS) is 16.2. The molecule has 0 unspecified atom stereocenters. The molecule has 6 nitrogen and oxygen atoms in total. The lowest BCUT2D eigenvalue weighted by atomic mass is 10.2. The highest BCUT2D eigenvalue weighted by Crippen LogP contribution is 2.26. The molecule has 1 fully saturated rings. The van der Waals surface area contributed by atoms with Gasteiger partial charge in [-0.1, -0.05) is 0 Å². The predicted molar refractivity (Wildman–Crippen MR) is 60.7 cm³/mol. The minimum absolute atomic E-state index is 0.0990. The summed E-state index contributed by atoms with van der Waals surface area (Å²) in [6.07, 6.45) is 1.67. The Kier molecular flexibility index (Phi) is 3.00. The third-order valence-corrected chi connectivity index (χ3v) is 2.60. The van der Waals surface area contributed by atoms with E-state index >= 15 is 0 Å². The fraction of sp³-hybridized carbons (Fsp3) is 0.500. The van der Waals surface area contributed by atoms with E-state index in [1.807, 2.05) is 11.8 Å². The quantitative estimate of drug-likeness (QED) is 0.589. The van der Waals surface area contributed by atoms with Crippen LogP contribution in [0.5, 0.6) is 0 Å². The molecule has 1 aromatic rings. The minimum atomic E-state index is -0.364. The predicted octanol–water partition coefficient (Wildman–Crippen LogP) is 0.708. The number of nitro groups is 1. The smallest absolute Gasteiger partial charge is 0.311 e. The average Bonchev–Trinajstić information content (AvgIpc) is 2.30.